The number of ether oxygens (including phenoxy) is 2. The lowest BCUT2D eigenvalue weighted by Gasteiger charge is -2.02. The molecule has 2 aromatic rings. The lowest BCUT2D eigenvalue weighted by atomic mass is 10.1. The van der Waals surface area contributed by atoms with Crippen LogP contribution in [0.15, 0.2) is 18.2 Å². The molecule has 0 atom stereocenters. The standard InChI is InChI=1S/C14H17N3O2/c1-8(2)14-16-10(6-15)13(17-14)9-3-4-11-12(5-9)19-7-18-11/h3-5,8H,6-7,15H2,1-2H3,(H,16,17). The van der Waals surface area contributed by atoms with Gasteiger partial charge in [0.2, 0.25) is 6.79 Å². The Labute approximate surface area is 111 Å². The number of aromatic amines is 1. The van der Waals surface area contributed by atoms with Crippen molar-refractivity contribution in [3.05, 3.63) is 29.7 Å². The summed E-state index contributed by atoms with van der Waals surface area (Å²) in [6.07, 6.45) is 0. The first-order chi connectivity index (χ1) is 9.19. The highest BCUT2D eigenvalue weighted by atomic mass is 16.7. The summed E-state index contributed by atoms with van der Waals surface area (Å²) < 4.78 is 10.7. The van der Waals surface area contributed by atoms with Crippen LogP contribution in [0.3, 0.4) is 0 Å². The van der Waals surface area contributed by atoms with Gasteiger partial charge in [-0.3, -0.25) is 0 Å². The van der Waals surface area contributed by atoms with Crippen molar-refractivity contribution < 1.29 is 9.47 Å². The van der Waals surface area contributed by atoms with Crippen LogP contribution in [0.1, 0.15) is 31.3 Å². The number of rotatable bonds is 3. The monoisotopic (exact) mass is 259 g/mol. The van der Waals surface area contributed by atoms with E-state index in [-0.39, 0.29) is 6.79 Å². The smallest absolute Gasteiger partial charge is 0.231 e. The summed E-state index contributed by atoms with van der Waals surface area (Å²) in [5, 5.41) is 0. The molecule has 1 aromatic carbocycles. The number of benzene rings is 1. The summed E-state index contributed by atoms with van der Waals surface area (Å²) in [5.41, 5.74) is 8.62. The number of H-pyrrole nitrogens is 1. The number of nitrogens with zero attached hydrogens (tertiary/aromatic N) is 1. The van der Waals surface area contributed by atoms with E-state index in [4.69, 9.17) is 15.2 Å². The Hall–Kier alpha value is -2.01. The van der Waals surface area contributed by atoms with Crippen LogP contribution in [-0.4, -0.2) is 16.8 Å². The van der Waals surface area contributed by atoms with Crippen LogP contribution in [0.5, 0.6) is 11.5 Å². The molecule has 3 N–H and O–H groups in total. The molecule has 0 unspecified atom stereocenters. The molecule has 0 spiro atoms. The molecule has 2 heterocycles. The summed E-state index contributed by atoms with van der Waals surface area (Å²) >= 11 is 0. The zero-order valence-corrected chi connectivity index (χ0v) is 11.1. The summed E-state index contributed by atoms with van der Waals surface area (Å²) in [6.45, 7) is 4.91. The van der Waals surface area contributed by atoms with Crippen molar-refractivity contribution in [2.75, 3.05) is 6.79 Å². The fourth-order valence-corrected chi connectivity index (χ4v) is 2.13. The van der Waals surface area contributed by atoms with Crippen LogP contribution < -0.4 is 15.2 Å². The summed E-state index contributed by atoms with van der Waals surface area (Å²) in [6, 6.07) is 5.83. The Morgan fingerprint density at radius 2 is 2.11 bits per heavy atom. The van der Waals surface area contributed by atoms with Gasteiger partial charge in [-0.15, -0.1) is 0 Å². The van der Waals surface area contributed by atoms with Gasteiger partial charge in [0.15, 0.2) is 11.5 Å². The second-order valence-corrected chi connectivity index (χ2v) is 4.88. The zero-order valence-electron chi connectivity index (χ0n) is 11.1. The van der Waals surface area contributed by atoms with E-state index in [0.29, 0.717) is 12.5 Å². The molecule has 1 aliphatic rings. The highest BCUT2D eigenvalue weighted by Crippen LogP contribution is 2.36. The van der Waals surface area contributed by atoms with Gasteiger partial charge in [0.25, 0.3) is 0 Å². The molecule has 0 bridgehead atoms. The molecule has 1 aliphatic heterocycles. The van der Waals surface area contributed by atoms with Gasteiger partial charge in [0.1, 0.15) is 5.82 Å². The molecule has 100 valence electrons. The molecule has 19 heavy (non-hydrogen) atoms. The largest absolute Gasteiger partial charge is 0.454 e. The molecule has 0 aliphatic carbocycles. The SMILES string of the molecule is CC(C)c1nc(-c2ccc3c(c2)OCO3)c(CN)[nH]1. The fourth-order valence-electron chi connectivity index (χ4n) is 2.13. The summed E-state index contributed by atoms with van der Waals surface area (Å²) in [4.78, 5) is 7.93. The van der Waals surface area contributed by atoms with Crippen LogP contribution in [0.2, 0.25) is 0 Å². The van der Waals surface area contributed by atoms with E-state index in [9.17, 15) is 0 Å². The average Bonchev–Trinajstić information content (AvgIpc) is 3.04. The number of hydrogen-bond donors (Lipinski definition) is 2. The van der Waals surface area contributed by atoms with Gasteiger partial charge in [0.05, 0.1) is 11.4 Å². The van der Waals surface area contributed by atoms with E-state index in [1.165, 1.54) is 0 Å². The second-order valence-electron chi connectivity index (χ2n) is 4.88. The maximum atomic E-state index is 5.79. The molecule has 5 nitrogen and oxygen atoms in total. The van der Waals surface area contributed by atoms with Crippen molar-refractivity contribution in [3.8, 4) is 22.8 Å². The first kappa shape index (κ1) is 12.0. The summed E-state index contributed by atoms with van der Waals surface area (Å²) in [5.74, 6) is 2.83. The van der Waals surface area contributed by atoms with E-state index < -0.39 is 0 Å². The van der Waals surface area contributed by atoms with E-state index in [2.05, 4.69) is 23.8 Å². The van der Waals surface area contributed by atoms with Crippen LogP contribution in [-0.2, 0) is 6.54 Å². The molecule has 0 saturated heterocycles. The minimum absolute atomic E-state index is 0.278. The zero-order chi connectivity index (χ0) is 13.4. The average molecular weight is 259 g/mol. The number of hydrogen-bond acceptors (Lipinski definition) is 4. The third-order valence-electron chi connectivity index (χ3n) is 3.19. The van der Waals surface area contributed by atoms with E-state index in [0.717, 1.165) is 34.3 Å². The van der Waals surface area contributed by atoms with Gasteiger partial charge in [-0.25, -0.2) is 4.98 Å². The Morgan fingerprint density at radius 1 is 1.32 bits per heavy atom. The number of nitrogens with two attached hydrogens (primary N) is 1. The van der Waals surface area contributed by atoms with E-state index in [1.54, 1.807) is 0 Å². The van der Waals surface area contributed by atoms with Crippen LogP contribution in [0, 0.1) is 0 Å². The second kappa shape index (κ2) is 4.59. The quantitative estimate of drug-likeness (QED) is 0.887. The number of fused-ring (bicyclic) bond motifs is 1. The predicted molar refractivity (Wildman–Crippen MR) is 72.1 cm³/mol. The molecular weight excluding hydrogens is 242 g/mol. The van der Waals surface area contributed by atoms with Crippen molar-refractivity contribution in [2.24, 2.45) is 5.73 Å². The molecule has 1 aromatic heterocycles. The minimum Gasteiger partial charge on any atom is -0.454 e. The molecule has 0 fully saturated rings. The maximum absolute atomic E-state index is 5.79. The molecule has 3 rings (SSSR count). The van der Waals surface area contributed by atoms with Crippen LogP contribution >= 0.6 is 0 Å². The normalized spacial score (nSPS) is 13.3. The van der Waals surface area contributed by atoms with E-state index in [1.807, 2.05) is 18.2 Å². The Kier molecular flexibility index (Phi) is 2.91. The van der Waals surface area contributed by atoms with Crippen LogP contribution in [0.25, 0.3) is 11.3 Å². The predicted octanol–water partition coefficient (Wildman–Crippen LogP) is 2.39. The van der Waals surface area contributed by atoms with Crippen molar-refractivity contribution in [1.29, 1.82) is 0 Å². The highest BCUT2D eigenvalue weighted by Gasteiger charge is 2.18. The highest BCUT2D eigenvalue weighted by molar-refractivity contribution is 5.66. The number of nitrogens with one attached hydrogen (secondary N) is 1. The summed E-state index contributed by atoms with van der Waals surface area (Å²) in [7, 11) is 0. The lowest BCUT2D eigenvalue weighted by molar-refractivity contribution is 0.174. The molecule has 0 amide bonds. The van der Waals surface area contributed by atoms with Gasteiger partial charge in [0, 0.05) is 18.0 Å². The van der Waals surface area contributed by atoms with Gasteiger partial charge in [-0.2, -0.15) is 0 Å². The van der Waals surface area contributed by atoms with Gasteiger partial charge in [-0.05, 0) is 18.2 Å². The van der Waals surface area contributed by atoms with Crippen molar-refractivity contribution in [1.82, 2.24) is 9.97 Å². The van der Waals surface area contributed by atoms with Crippen molar-refractivity contribution >= 4 is 0 Å². The first-order valence-corrected chi connectivity index (χ1v) is 6.38. The molecule has 0 radical (unpaired) electrons. The first-order valence-electron chi connectivity index (χ1n) is 6.38. The Morgan fingerprint density at radius 3 is 2.84 bits per heavy atom. The molecule has 0 saturated carbocycles. The van der Waals surface area contributed by atoms with Gasteiger partial charge >= 0.3 is 0 Å². The van der Waals surface area contributed by atoms with Crippen molar-refractivity contribution in [2.45, 2.75) is 26.3 Å². The van der Waals surface area contributed by atoms with E-state index >= 15 is 0 Å². The topological polar surface area (TPSA) is 73.2 Å². The Balaban J connectivity index is 2.06. The number of imidazole rings is 1. The number of aromatic nitrogens is 2. The third-order valence-corrected chi connectivity index (χ3v) is 3.19. The lowest BCUT2D eigenvalue weighted by Crippen LogP contribution is -1.99. The minimum atomic E-state index is 0.278. The van der Waals surface area contributed by atoms with Gasteiger partial charge < -0.3 is 20.2 Å². The fraction of sp³-hybridized carbons (Fsp3) is 0.357. The maximum Gasteiger partial charge on any atom is 0.231 e. The third kappa shape index (κ3) is 2.06. The Bertz CT molecular complexity index is 605. The van der Waals surface area contributed by atoms with Gasteiger partial charge in [-0.1, -0.05) is 13.8 Å². The van der Waals surface area contributed by atoms with Crippen LogP contribution in [0.4, 0.5) is 0 Å². The van der Waals surface area contributed by atoms with Crippen molar-refractivity contribution in [3.63, 3.8) is 0 Å². The molecule has 5 heteroatoms. The molecular formula is C14H17N3O2.